The molecule has 6 atom stereocenters. The van der Waals surface area contributed by atoms with Gasteiger partial charge in [-0.3, -0.25) is 9.59 Å². The van der Waals surface area contributed by atoms with E-state index in [1.807, 2.05) is 13.0 Å². The van der Waals surface area contributed by atoms with Crippen molar-refractivity contribution >= 4 is 35.1 Å². The molecule has 4 heteroatoms. The Labute approximate surface area is 178 Å². The third kappa shape index (κ3) is 2.91. The third-order valence-corrected chi connectivity index (χ3v) is 12.4. The van der Waals surface area contributed by atoms with Crippen molar-refractivity contribution < 1.29 is 9.59 Å². The smallest absolute Gasteiger partial charge is 0.155 e. The lowest BCUT2D eigenvalue weighted by Crippen LogP contribution is -2.52. The zero-order valence-corrected chi connectivity index (χ0v) is 19.0. The second-order valence-corrected chi connectivity index (χ2v) is 13.3. The maximum absolute atomic E-state index is 12.7. The molecule has 28 heavy (non-hydrogen) atoms. The highest BCUT2D eigenvalue weighted by Crippen LogP contribution is 2.68. The molecule has 5 rings (SSSR count). The summed E-state index contributed by atoms with van der Waals surface area (Å²) < 4.78 is 0.709. The van der Waals surface area contributed by atoms with Crippen molar-refractivity contribution in [3.8, 4) is 0 Å². The average molecular weight is 419 g/mol. The molecule has 0 aromatic carbocycles. The lowest BCUT2D eigenvalue weighted by Gasteiger charge is -2.59. The number of hydrogen-bond donors (Lipinski definition) is 0. The molecule has 1 aliphatic heterocycles. The minimum Gasteiger partial charge on any atom is -0.300 e. The molecule has 1 saturated heterocycles. The number of hydrogen-bond acceptors (Lipinski definition) is 4. The van der Waals surface area contributed by atoms with E-state index in [1.54, 1.807) is 0 Å². The van der Waals surface area contributed by atoms with Gasteiger partial charge >= 0.3 is 0 Å². The van der Waals surface area contributed by atoms with Crippen LogP contribution >= 0.6 is 23.5 Å². The number of thioether (sulfide) groups is 2. The third-order valence-electron chi connectivity index (χ3n) is 9.41. The summed E-state index contributed by atoms with van der Waals surface area (Å²) in [5, 5.41) is 0. The summed E-state index contributed by atoms with van der Waals surface area (Å²) in [7, 11) is 0. The van der Waals surface area contributed by atoms with Crippen molar-refractivity contribution in [3.63, 3.8) is 0 Å². The van der Waals surface area contributed by atoms with E-state index in [4.69, 9.17) is 0 Å². The Morgan fingerprint density at radius 3 is 2.61 bits per heavy atom. The summed E-state index contributed by atoms with van der Waals surface area (Å²) in [6.45, 7) is 4.33. The predicted octanol–water partition coefficient (Wildman–Crippen LogP) is 5.90. The van der Waals surface area contributed by atoms with Crippen LogP contribution in [0.15, 0.2) is 11.6 Å². The van der Waals surface area contributed by atoms with E-state index in [-0.39, 0.29) is 10.8 Å². The Hall–Kier alpha value is -0.220. The van der Waals surface area contributed by atoms with Crippen molar-refractivity contribution in [2.75, 3.05) is 11.5 Å². The fraction of sp³-hybridized carbons (Fsp3) is 0.833. The van der Waals surface area contributed by atoms with Crippen molar-refractivity contribution in [3.05, 3.63) is 11.6 Å². The molecule has 0 spiro atoms. The first kappa shape index (κ1) is 19.7. The van der Waals surface area contributed by atoms with Crippen LogP contribution in [0.5, 0.6) is 0 Å². The molecule has 0 radical (unpaired) electrons. The van der Waals surface area contributed by atoms with Crippen LogP contribution in [0.4, 0.5) is 0 Å². The van der Waals surface area contributed by atoms with Crippen LogP contribution < -0.4 is 0 Å². The van der Waals surface area contributed by atoms with Gasteiger partial charge in [0, 0.05) is 23.8 Å². The monoisotopic (exact) mass is 418 g/mol. The normalized spacial score (nSPS) is 45.9. The van der Waals surface area contributed by atoms with Gasteiger partial charge in [-0.05, 0) is 93.0 Å². The van der Waals surface area contributed by atoms with E-state index in [1.165, 1.54) is 49.2 Å². The number of ketones is 2. The van der Waals surface area contributed by atoms with Crippen LogP contribution in [0, 0.1) is 34.5 Å². The van der Waals surface area contributed by atoms with Crippen molar-refractivity contribution in [2.45, 2.75) is 76.2 Å². The van der Waals surface area contributed by atoms with Crippen LogP contribution in [-0.2, 0) is 9.59 Å². The first-order valence-electron chi connectivity index (χ1n) is 11.4. The lowest BCUT2D eigenvalue weighted by atomic mass is 9.46. The van der Waals surface area contributed by atoms with Crippen molar-refractivity contribution in [1.82, 2.24) is 0 Å². The SMILES string of the molecule is CC(=O)[C@H]1CC[C@H]2[C@@H]3CCC4=CC(=O)CC[C@]4(C)[C@H]3CC[C@]12CC1SCCS1. The van der Waals surface area contributed by atoms with E-state index in [2.05, 4.69) is 30.4 Å². The second-order valence-electron chi connectivity index (χ2n) is 10.4. The van der Waals surface area contributed by atoms with Crippen LogP contribution in [0.25, 0.3) is 0 Å². The number of carbonyl (C=O) groups excluding carboxylic acids is 2. The van der Waals surface area contributed by atoms with Gasteiger partial charge in [-0.25, -0.2) is 0 Å². The predicted molar refractivity (Wildman–Crippen MR) is 119 cm³/mol. The van der Waals surface area contributed by atoms with Crippen LogP contribution in [0.1, 0.15) is 71.6 Å². The highest BCUT2D eigenvalue weighted by molar-refractivity contribution is 8.20. The summed E-state index contributed by atoms with van der Waals surface area (Å²) >= 11 is 4.29. The Kier molecular flexibility index (Phi) is 5.06. The molecule has 0 unspecified atom stereocenters. The molecule has 154 valence electrons. The fourth-order valence-electron chi connectivity index (χ4n) is 8.21. The summed E-state index contributed by atoms with van der Waals surface area (Å²) in [4.78, 5) is 24.8. The molecule has 4 fully saturated rings. The van der Waals surface area contributed by atoms with Crippen molar-refractivity contribution in [2.24, 2.45) is 34.5 Å². The zero-order chi connectivity index (χ0) is 19.5. The van der Waals surface area contributed by atoms with E-state index in [0.29, 0.717) is 22.1 Å². The molecule has 0 bridgehead atoms. The lowest BCUT2D eigenvalue weighted by molar-refractivity contribution is -0.130. The molecule has 5 aliphatic rings. The molecule has 2 nitrogen and oxygen atoms in total. The molecule has 4 aliphatic carbocycles. The van der Waals surface area contributed by atoms with Crippen LogP contribution in [-0.4, -0.2) is 27.7 Å². The number of rotatable bonds is 3. The molecule has 0 aromatic heterocycles. The Balaban J connectivity index is 1.48. The highest BCUT2D eigenvalue weighted by atomic mass is 32.2. The minimum absolute atomic E-state index is 0.244. The number of fused-ring (bicyclic) bond motifs is 5. The topological polar surface area (TPSA) is 34.1 Å². The first-order valence-corrected chi connectivity index (χ1v) is 13.5. The molecule has 0 aromatic rings. The van der Waals surface area contributed by atoms with Gasteiger partial charge in [-0.2, -0.15) is 0 Å². The van der Waals surface area contributed by atoms with Crippen LogP contribution in [0.2, 0.25) is 0 Å². The maximum atomic E-state index is 12.7. The van der Waals surface area contributed by atoms with E-state index in [9.17, 15) is 9.59 Å². The van der Waals surface area contributed by atoms with Crippen LogP contribution in [0.3, 0.4) is 0 Å². The van der Waals surface area contributed by atoms with E-state index >= 15 is 0 Å². The van der Waals surface area contributed by atoms with Gasteiger partial charge in [0.05, 0.1) is 4.58 Å². The summed E-state index contributed by atoms with van der Waals surface area (Å²) in [5.41, 5.74) is 1.97. The Morgan fingerprint density at radius 2 is 1.86 bits per heavy atom. The molecule has 0 amide bonds. The summed E-state index contributed by atoms with van der Waals surface area (Å²) in [6.07, 6.45) is 12.4. The van der Waals surface area contributed by atoms with Gasteiger partial charge in [0.15, 0.2) is 5.78 Å². The largest absolute Gasteiger partial charge is 0.300 e. The van der Waals surface area contributed by atoms with Crippen molar-refractivity contribution in [1.29, 1.82) is 0 Å². The van der Waals surface area contributed by atoms with Gasteiger partial charge in [-0.1, -0.05) is 12.5 Å². The average Bonchev–Trinajstić information content (AvgIpc) is 3.30. The number of allylic oxidation sites excluding steroid dienone is 1. The summed E-state index contributed by atoms with van der Waals surface area (Å²) in [5.74, 6) is 5.91. The van der Waals surface area contributed by atoms with Gasteiger partial charge in [0.2, 0.25) is 0 Å². The fourth-order valence-corrected chi connectivity index (χ4v) is 11.3. The Morgan fingerprint density at radius 1 is 1.07 bits per heavy atom. The minimum atomic E-state index is 0.244. The quantitative estimate of drug-likeness (QED) is 0.571. The van der Waals surface area contributed by atoms with Gasteiger partial charge in [0.1, 0.15) is 5.78 Å². The second kappa shape index (κ2) is 7.18. The van der Waals surface area contributed by atoms with Gasteiger partial charge in [-0.15, -0.1) is 23.5 Å². The maximum Gasteiger partial charge on any atom is 0.155 e. The zero-order valence-electron chi connectivity index (χ0n) is 17.4. The molecule has 1 heterocycles. The molecular weight excluding hydrogens is 384 g/mol. The molecular formula is C24H34O2S2. The molecule has 3 saturated carbocycles. The summed E-state index contributed by atoms with van der Waals surface area (Å²) in [6, 6.07) is 0. The molecule has 0 N–H and O–H groups in total. The van der Waals surface area contributed by atoms with Gasteiger partial charge in [0.25, 0.3) is 0 Å². The number of Topliss-reactive ketones (excluding diaryl/α,β-unsaturated/α-hetero) is 1. The standard InChI is InChI=1S/C24H34O2S2/c1-15(25)19-5-6-21-18-4-3-16-13-17(26)7-9-23(16,2)20(18)8-10-24(19,21)14-22-27-11-12-28-22/h13,18-22H,3-12,14H2,1-2H3/t18-,19-,20+,21+,23+,24+/m1/s1. The number of carbonyl (C=O) groups is 2. The first-order chi connectivity index (χ1) is 13.4. The Bertz CT molecular complexity index is 709. The van der Waals surface area contributed by atoms with E-state index < -0.39 is 0 Å². The highest BCUT2D eigenvalue weighted by Gasteiger charge is 2.61. The van der Waals surface area contributed by atoms with E-state index in [0.717, 1.165) is 43.4 Å². The van der Waals surface area contributed by atoms with Gasteiger partial charge < -0.3 is 0 Å².